The van der Waals surface area contributed by atoms with Crippen molar-refractivity contribution in [2.45, 2.75) is 20.8 Å². The van der Waals surface area contributed by atoms with Gasteiger partial charge in [-0.2, -0.15) is 0 Å². The van der Waals surface area contributed by atoms with E-state index in [2.05, 4.69) is 6.58 Å². The molecule has 0 bridgehead atoms. The van der Waals surface area contributed by atoms with Gasteiger partial charge in [0.2, 0.25) is 0 Å². The predicted molar refractivity (Wildman–Crippen MR) is 66.1 cm³/mol. The second-order valence-electron chi connectivity index (χ2n) is 3.83. The Morgan fingerprint density at radius 1 is 1.38 bits per heavy atom. The van der Waals surface area contributed by atoms with Crippen LogP contribution in [-0.4, -0.2) is 5.97 Å². The van der Waals surface area contributed by atoms with Crippen LogP contribution in [0.2, 0.25) is 0 Å². The third kappa shape index (κ3) is 2.83. The summed E-state index contributed by atoms with van der Waals surface area (Å²) in [5.74, 6) is -0.369. The van der Waals surface area contributed by atoms with E-state index in [9.17, 15) is 4.79 Å². The summed E-state index contributed by atoms with van der Waals surface area (Å²) in [6.45, 7) is 9.34. The van der Waals surface area contributed by atoms with Gasteiger partial charge in [-0.15, -0.1) is 0 Å². The number of allylic oxidation sites excluding steroid dienone is 1. The molecule has 0 amide bonds. The van der Waals surface area contributed by atoms with Gasteiger partial charge < -0.3 is 4.74 Å². The third-order valence-corrected chi connectivity index (χ3v) is 2.17. The molecule has 0 atom stereocenters. The number of esters is 1. The van der Waals surface area contributed by atoms with Gasteiger partial charge in [-0.05, 0) is 38.0 Å². The predicted octanol–water partition coefficient (Wildman–Crippen LogP) is 3.72. The Hall–Kier alpha value is -1.83. The molecule has 1 aromatic rings. The van der Waals surface area contributed by atoms with Crippen molar-refractivity contribution in [1.29, 1.82) is 0 Å². The van der Waals surface area contributed by atoms with Crippen molar-refractivity contribution in [3.63, 3.8) is 0 Å². The second-order valence-corrected chi connectivity index (χ2v) is 3.83. The normalized spacial score (nSPS) is 9.44. The van der Waals surface area contributed by atoms with Crippen molar-refractivity contribution < 1.29 is 9.53 Å². The van der Waals surface area contributed by atoms with Gasteiger partial charge in [0.05, 0.1) is 11.8 Å². The van der Waals surface area contributed by atoms with Crippen molar-refractivity contribution in [2.75, 3.05) is 0 Å². The van der Waals surface area contributed by atoms with Gasteiger partial charge in [-0.3, -0.25) is 0 Å². The lowest BCUT2D eigenvalue weighted by Crippen LogP contribution is -2.04. The van der Waals surface area contributed by atoms with Gasteiger partial charge >= 0.3 is 5.97 Å². The van der Waals surface area contributed by atoms with Crippen LogP contribution in [0.5, 0.6) is 0 Å². The standard InChI is InChI=1S/C14H16O2/c1-5-16-14(15)12-8-6-7-11(4)13(12)9-10(2)3/h5-9H,1H2,2-4H3. The summed E-state index contributed by atoms with van der Waals surface area (Å²) in [4.78, 5) is 11.7. The molecule has 0 radical (unpaired) electrons. The summed E-state index contributed by atoms with van der Waals surface area (Å²) in [6, 6.07) is 5.57. The lowest BCUT2D eigenvalue weighted by Gasteiger charge is -2.07. The number of rotatable bonds is 3. The number of aryl methyl sites for hydroxylation is 1. The average Bonchev–Trinajstić information content (AvgIpc) is 2.20. The van der Waals surface area contributed by atoms with E-state index in [4.69, 9.17) is 4.74 Å². The van der Waals surface area contributed by atoms with Crippen molar-refractivity contribution in [1.82, 2.24) is 0 Å². The number of benzene rings is 1. The van der Waals surface area contributed by atoms with Gasteiger partial charge in [-0.1, -0.05) is 30.4 Å². The quantitative estimate of drug-likeness (QED) is 0.568. The van der Waals surface area contributed by atoms with E-state index in [0.717, 1.165) is 23.0 Å². The van der Waals surface area contributed by atoms with Crippen LogP contribution in [0.15, 0.2) is 36.6 Å². The Balaban J connectivity index is 3.28. The first-order valence-corrected chi connectivity index (χ1v) is 5.12. The molecule has 1 aromatic carbocycles. The molecule has 0 unspecified atom stereocenters. The smallest absolute Gasteiger partial charge is 0.343 e. The summed E-state index contributed by atoms with van der Waals surface area (Å²) < 4.78 is 4.80. The van der Waals surface area contributed by atoms with Crippen molar-refractivity contribution in [3.05, 3.63) is 53.3 Å². The lowest BCUT2D eigenvalue weighted by atomic mass is 10.00. The maximum Gasteiger partial charge on any atom is 0.343 e. The molecule has 0 N–H and O–H groups in total. The number of hydrogen-bond acceptors (Lipinski definition) is 2. The van der Waals surface area contributed by atoms with Crippen LogP contribution in [0.4, 0.5) is 0 Å². The molecule has 84 valence electrons. The van der Waals surface area contributed by atoms with E-state index < -0.39 is 0 Å². The summed E-state index contributed by atoms with van der Waals surface area (Å²) in [6.07, 6.45) is 3.13. The Morgan fingerprint density at radius 3 is 2.62 bits per heavy atom. The Kier molecular flexibility index (Phi) is 4.06. The van der Waals surface area contributed by atoms with Gasteiger partial charge in [0.1, 0.15) is 0 Å². The number of ether oxygens (including phenoxy) is 1. The first kappa shape index (κ1) is 12.2. The highest BCUT2D eigenvalue weighted by atomic mass is 16.5. The summed E-state index contributed by atoms with van der Waals surface area (Å²) in [7, 11) is 0. The molecule has 2 heteroatoms. The molecule has 0 saturated carbocycles. The minimum atomic E-state index is -0.369. The van der Waals surface area contributed by atoms with Crippen LogP contribution in [0.3, 0.4) is 0 Å². The lowest BCUT2D eigenvalue weighted by molar-refractivity contribution is 0.0664. The zero-order chi connectivity index (χ0) is 12.1. The fraction of sp³-hybridized carbons (Fsp3) is 0.214. The average molecular weight is 216 g/mol. The molecule has 0 saturated heterocycles. The molecule has 0 aliphatic heterocycles. The summed E-state index contributed by atoms with van der Waals surface area (Å²) in [5, 5.41) is 0. The molecule has 16 heavy (non-hydrogen) atoms. The largest absolute Gasteiger partial charge is 0.432 e. The second kappa shape index (κ2) is 5.31. The first-order chi connectivity index (χ1) is 7.56. The zero-order valence-electron chi connectivity index (χ0n) is 9.91. The Morgan fingerprint density at radius 2 is 2.06 bits per heavy atom. The highest BCUT2D eigenvalue weighted by Gasteiger charge is 2.11. The molecule has 0 spiro atoms. The maximum absolute atomic E-state index is 11.7. The fourth-order valence-corrected chi connectivity index (χ4v) is 1.48. The highest BCUT2D eigenvalue weighted by Crippen LogP contribution is 2.18. The van der Waals surface area contributed by atoms with Crippen molar-refractivity contribution >= 4 is 12.0 Å². The molecular formula is C14H16O2. The van der Waals surface area contributed by atoms with Crippen LogP contribution >= 0.6 is 0 Å². The highest BCUT2D eigenvalue weighted by molar-refractivity contribution is 5.94. The van der Waals surface area contributed by atoms with Gasteiger partial charge in [0.15, 0.2) is 0 Å². The number of hydrogen-bond donors (Lipinski definition) is 0. The fourth-order valence-electron chi connectivity index (χ4n) is 1.48. The molecule has 0 aromatic heterocycles. The van der Waals surface area contributed by atoms with Crippen molar-refractivity contribution in [2.24, 2.45) is 0 Å². The van der Waals surface area contributed by atoms with Crippen LogP contribution in [0.1, 0.15) is 35.3 Å². The van der Waals surface area contributed by atoms with E-state index in [0.29, 0.717) is 5.56 Å². The topological polar surface area (TPSA) is 26.3 Å². The van der Waals surface area contributed by atoms with E-state index in [1.54, 1.807) is 6.07 Å². The molecule has 0 heterocycles. The number of carbonyl (C=O) groups is 1. The molecule has 1 rings (SSSR count). The van der Waals surface area contributed by atoms with E-state index in [-0.39, 0.29) is 5.97 Å². The molecule has 0 fully saturated rings. The maximum atomic E-state index is 11.7. The van der Waals surface area contributed by atoms with Gasteiger partial charge in [-0.25, -0.2) is 4.79 Å². The van der Waals surface area contributed by atoms with Crippen molar-refractivity contribution in [3.8, 4) is 0 Å². The van der Waals surface area contributed by atoms with Gasteiger partial charge in [0.25, 0.3) is 0 Å². The van der Waals surface area contributed by atoms with E-state index in [1.807, 2.05) is 39.0 Å². The minimum absolute atomic E-state index is 0.369. The first-order valence-electron chi connectivity index (χ1n) is 5.12. The van der Waals surface area contributed by atoms with E-state index in [1.165, 1.54) is 0 Å². The monoisotopic (exact) mass is 216 g/mol. The Bertz CT molecular complexity index is 438. The molecule has 2 nitrogen and oxygen atoms in total. The summed E-state index contributed by atoms with van der Waals surface area (Å²) in [5.41, 5.74) is 3.68. The Labute approximate surface area is 96.2 Å². The molecule has 0 aliphatic rings. The zero-order valence-corrected chi connectivity index (χ0v) is 9.91. The van der Waals surface area contributed by atoms with Crippen LogP contribution in [0.25, 0.3) is 6.08 Å². The molecule has 0 aliphatic carbocycles. The number of carbonyl (C=O) groups excluding carboxylic acids is 1. The van der Waals surface area contributed by atoms with Crippen LogP contribution in [-0.2, 0) is 4.74 Å². The van der Waals surface area contributed by atoms with Crippen LogP contribution in [0, 0.1) is 6.92 Å². The SMILES string of the molecule is C=COC(=O)c1cccc(C)c1C=C(C)C. The minimum Gasteiger partial charge on any atom is -0.432 e. The third-order valence-electron chi connectivity index (χ3n) is 2.17. The van der Waals surface area contributed by atoms with Gasteiger partial charge in [0, 0.05) is 0 Å². The van der Waals surface area contributed by atoms with E-state index >= 15 is 0 Å². The van der Waals surface area contributed by atoms with Crippen LogP contribution < -0.4 is 0 Å². The molecular weight excluding hydrogens is 200 g/mol. The summed E-state index contributed by atoms with van der Waals surface area (Å²) >= 11 is 0.